The number of nitrogens with one attached hydrogen (secondary N) is 1. The van der Waals surface area contributed by atoms with Crippen molar-refractivity contribution in [1.82, 2.24) is 5.32 Å². The highest BCUT2D eigenvalue weighted by Gasteiger charge is 2.28. The van der Waals surface area contributed by atoms with Gasteiger partial charge in [-0.3, -0.25) is 4.79 Å². The summed E-state index contributed by atoms with van der Waals surface area (Å²) in [5.41, 5.74) is 1.92. The first-order valence-electron chi connectivity index (χ1n) is 8.57. The Morgan fingerprint density at radius 2 is 1.77 bits per heavy atom. The second-order valence-corrected chi connectivity index (χ2v) is 6.74. The van der Waals surface area contributed by atoms with Gasteiger partial charge in [-0.1, -0.05) is 54.1 Å². The second kappa shape index (κ2) is 8.19. The van der Waals surface area contributed by atoms with Gasteiger partial charge in [0.1, 0.15) is 0 Å². The highest BCUT2D eigenvalue weighted by atomic mass is 35.5. The van der Waals surface area contributed by atoms with Crippen molar-refractivity contribution in [2.75, 3.05) is 0 Å². The zero-order chi connectivity index (χ0) is 18.5. The lowest BCUT2D eigenvalue weighted by Gasteiger charge is -2.15. The van der Waals surface area contributed by atoms with Crippen LogP contribution in [0.3, 0.4) is 0 Å². The molecule has 0 heterocycles. The molecule has 0 aliphatic heterocycles. The van der Waals surface area contributed by atoms with E-state index in [2.05, 4.69) is 5.32 Å². The van der Waals surface area contributed by atoms with Crippen LogP contribution in [0.1, 0.15) is 30.9 Å². The van der Waals surface area contributed by atoms with Gasteiger partial charge in [-0.05, 0) is 49.1 Å². The Balaban J connectivity index is 1.82. The summed E-state index contributed by atoms with van der Waals surface area (Å²) in [5.74, 6) is -0.814. The summed E-state index contributed by atoms with van der Waals surface area (Å²) < 4.78 is 5.41. The van der Waals surface area contributed by atoms with Gasteiger partial charge < -0.3 is 10.1 Å². The number of ether oxygens (including phenoxy) is 1. The van der Waals surface area contributed by atoms with Crippen molar-refractivity contribution in [3.05, 3.63) is 70.7 Å². The molecule has 0 unspecified atom stereocenters. The second-order valence-electron chi connectivity index (χ2n) is 6.31. The van der Waals surface area contributed by atoms with Gasteiger partial charge in [-0.15, -0.1) is 0 Å². The normalized spacial score (nSPS) is 15.2. The molecule has 1 atom stereocenters. The smallest absolute Gasteiger partial charge is 0.339 e. The van der Waals surface area contributed by atoms with Gasteiger partial charge in [0.2, 0.25) is 0 Å². The number of carbonyl (C=O) groups is 2. The topological polar surface area (TPSA) is 55.4 Å². The maximum Gasteiger partial charge on any atom is 0.339 e. The molecule has 0 radical (unpaired) electrons. The lowest BCUT2D eigenvalue weighted by atomic mass is 10.0. The van der Waals surface area contributed by atoms with Crippen molar-refractivity contribution < 1.29 is 14.3 Å². The van der Waals surface area contributed by atoms with Gasteiger partial charge in [0.05, 0.1) is 5.57 Å². The van der Waals surface area contributed by atoms with E-state index in [0.717, 1.165) is 18.4 Å². The van der Waals surface area contributed by atoms with Gasteiger partial charge in [0.15, 0.2) is 6.10 Å². The van der Waals surface area contributed by atoms with Gasteiger partial charge in [-0.2, -0.15) is 0 Å². The third-order valence-corrected chi connectivity index (χ3v) is 4.31. The molecule has 2 aromatic rings. The average Bonchev–Trinajstić information content (AvgIpc) is 3.45. The van der Waals surface area contributed by atoms with Crippen LogP contribution in [-0.2, 0) is 14.3 Å². The van der Waals surface area contributed by atoms with E-state index < -0.39 is 12.1 Å². The fourth-order valence-corrected chi connectivity index (χ4v) is 2.56. The first kappa shape index (κ1) is 18.2. The monoisotopic (exact) mass is 369 g/mol. The van der Waals surface area contributed by atoms with E-state index in [1.807, 2.05) is 30.3 Å². The van der Waals surface area contributed by atoms with E-state index in [1.54, 1.807) is 37.3 Å². The maximum absolute atomic E-state index is 12.7. The molecule has 1 N–H and O–H groups in total. The molecule has 2 aromatic carbocycles. The fraction of sp³-hybridized carbons (Fsp3) is 0.238. The van der Waals surface area contributed by atoms with E-state index in [4.69, 9.17) is 16.3 Å². The van der Waals surface area contributed by atoms with Crippen LogP contribution >= 0.6 is 11.6 Å². The summed E-state index contributed by atoms with van der Waals surface area (Å²) in [7, 11) is 0. The lowest BCUT2D eigenvalue weighted by Crippen LogP contribution is -2.37. The van der Waals surface area contributed by atoms with Crippen LogP contribution in [0.5, 0.6) is 0 Å². The Kier molecular flexibility index (Phi) is 5.74. The molecule has 1 fully saturated rings. The Hall–Kier alpha value is -2.59. The van der Waals surface area contributed by atoms with Crippen molar-refractivity contribution >= 4 is 35.1 Å². The molecule has 0 saturated heterocycles. The highest BCUT2D eigenvalue weighted by molar-refractivity contribution is 6.30. The maximum atomic E-state index is 12.7. The molecule has 5 heteroatoms. The molecule has 134 valence electrons. The summed E-state index contributed by atoms with van der Waals surface area (Å²) in [6.45, 7) is 1.58. The van der Waals surface area contributed by atoms with Gasteiger partial charge >= 0.3 is 5.97 Å². The number of benzene rings is 2. The zero-order valence-electron chi connectivity index (χ0n) is 14.4. The van der Waals surface area contributed by atoms with Gasteiger partial charge in [-0.25, -0.2) is 4.79 Å². The fourth-order valence-electron chi connectivity index (χ4n) is 2.43. The number of hydrogen-bond acceptors (Lipinski definition) is 3. The van der Waals surface area contributed by atoms with Crippen molar-refractivity contribution in [2.24, 2.45) is 0 Å². The Labute approximate surface area is 157 Å². The molecular formula is C21H20ClNO3. The zero-order valence-corrected chi connectivity index (χ0v) is 15.2. The van der Waals surface area contributed by atoms with Crippen molar-refractivity contribution in [3.63, 3.8) is 0 Å². The molecule has 0 spiro atoms. The SMILES string of the molecule is C[C@H](OC(=O)/C(=C/c1ccccc1)c1ccc(Cl)cc1)C(=O)NC1CC1. The number of esters is 1. The number of hydrogen-bond donors (Lipinski definition) is 1. The predicted octanol–water partition coefficient (Wildman–Crippen LogP) is 4.09. The van der Waals surface area contributed by atoms with Gasteiger partial charge in [0, 0.05) is 11.1 Å². The predicted molar refractivity (Wildman–Crippen MR) is 102 cm³/mol. The first-order chi connectivity index (χ1) is 12.5. The van der Waals surface area contributed by atoms with Crippen molar-refractivity contribution in [3.8, 4) is 0 Å². The Bertz CT molecular complexity index is 811. The van der Waals surface area contributed by atoms with E-state index >= 15 is 0 Å². The molecule has 1 aliphatic carbocycles. The Morgan fingerprint density at radius 3 is 2.38 bits per heavy atom. The summed E-state index contributed by atoms with van der Waals surface area (Å²) in [6.07, 6.45) is 2.86. The molecule has 26 heavy (non-hydrogen) atoms. The van der Waals surface area contributed by atoms with Crippen molar-refractivity contribution in [1.29, 1.82) is 0 Å². The van der Waals surface area contributed by atoms with Crippen molar-refractivity contribution in [2.45, 2.75) is 31.9 Å². The largest absolute Gasteiger partial charge is 0.449 e. The summed E-state index contributed by atoms with van der Waals surface area (Å²) in [5, 5.41) is 3.42. The van der Waals surface area contributed by atoms with Crippen LogP contribution in [0.2, 0.25) is 5.02 Å². The molecular weight excluding hydrogens is 350 g/mol. The molecule has 1 saturated carbocycles. The summed E-state index contributed by atoms with van der Waals surface area (Å²) in [6, 6.07) is 16.6. The van der Waals surface area contributed by atoms with E-state index in [1.165, 1.54) is 0 Å². The molecule has 0 bridgehead atoms. The van der Waals surface area contributed by atoms with Crippen LogP contribution in [0, 0.1) is 0 Å². The van der Waals surface area contributed by atoms with Crippen LogP contribution in [-0.4, -0.2) is 24.0 Å². The van der Waals surface area contributed by atoms with Crippen LogP contribution in [0.4, 0.5) is 0 Å². The number of amides is 1. The molecule has 4 nitrogen and oxygen atoms in total. The minimum absolute atomic E-state index is 0.222. The standard InChI is InChI=1S/C21H20ClNO3/c1-14(20(24)23-18-11-12-18)26-21(25)19(13-15-5-3-2-4-6-15)16-7-9-17(22)10-8-16/h2-10,13-14,18H,11-12H2,1H3,(H,23,24)/b19-13+/t14-/m0/s1. The highest BCUT2D eigenvalue weighted by Crippen LogP contribution is 2.23. The Morgan fingerprint density at radius 1 is 1.12 bits per heavy atom. The first-order valence-corrected chi connectivity index (χ1v) is 8.95. The van der Waals surface area contributed by atoms with Crippen LogP contribution < -0.4 is 5.32 Å². The molecule has 0 aromatic heterocycles. The quantitative estimate of drug-likeness (QED) is 0.474. The third kappa shape index (κ3) is 4.96. The molecule has 1 amide bonds. The number of carbonyl (C=O) groups excluding carboxylic acids is 2. The molecule has 1 aliphatic rings. The van der Waals surface area contributed by atoms with Crippen LogP contribution in [0.25, 0.3) is 11.6 Å². The summed E-state index contributed by atoms with van der Waals surface area (Å²) >= 11 is 5.95. The van der Waals surface area contributed by atoms with E-state index in [-0.39, 0.29) is 11.9 Å². The average molecular weight is 370 g/mol. The third-order valence-electron chi connectivity index (χ3n) is 4.06. The minimum atomic E-state index is -0.852. The van der Waals surface area contributed by atoms with Gasteiger partial charge in [0.25, 0.3) is 5.91 Å². The van der Waals surface area contributed by atoms with E-state index in [9.17, 15) is 9.59 Å². The number of rotatable bonds is 6. The lowest BCUT2D eigenvalue weighted by molar-refractivity contribution is -0.149. The van der Waals surface area contributed by atoms with E-state index in [0.29, 0.717) is 16.2 Å². The minimum Gasteiger partial charge on any atom is -0.449 e. The molecule has 3 rings (SSSR count). The summed E-state index contributed by atoms with van der Waals surface area (Å²) in [4.78, 5) is 24.8. The number of halogens is 1. The van der Waals surface area contributed by atoms with Crippen LogP contribution in [0.15, 0.2) is 54.6 Å².